The van der Waals surface area contributed by atoms with Crippen LogP contribution in [0.15, 0.2) is 16.3 Å². The lowest BCUT2D eigenvalue weighted by Crippen LogP contribution is -2.47. The molecule has 1 aliphatic rings. The van der Waals surface area contributed by atoms with Gasteiger partial charge in [0.25, 0.3) is 0 Å². The third-order valence-electron chi connectivity index (χ3n) is 3.53. The van der Waals surface area contributed by atoms with Gasteiger partial charge < -0.3 is 10.2 Å². The molecule has 1 aromatic heterocycles. The standard InChI is InChI=1S/C13H23N3O2S2/c1-3-16-8-4-5-11(10-16)15-20(17,18)13-7-6-12(19-13)9-14-2/h6-7,11,14-15H,3-5,8-10H2,1-2H3. The van der Waals surface area contributed by atoms with Gasteiger partial charge in [0.15, 0.2) is 0 Å². The second kappa shape index (κ2) is 7.00. The highest BCUT2D eigenvalue weighted by Crippen LogP contribution is 2.22. The topological polar surface area (TPSA) is 61.4 Å². The first kappa shape index (κ1) is 15.9. The van der Waals surface area contributed by atoms with Gasteiger partial charge in [-0.25, -0.2) is 13.1 Å². The number of piperidine rings is 1. The predicted molar refractivity (Wildman–Crippen MR) is 82.5 cm³/mol. The third kappa shape index (κ3) is 4.02. The molecule has 1 unspecified atom stereocenters. The van der Waals surface area contributed by atoms with Gasteiger partial charge in [-0.05, 0) is 45.1 Å². The molecule has 5 nitrogen and oxygen atoms in total. The van der Waals surface area contributed by atoms with Crippen molar-refractivity contribution in [2.24, 2.45) is 0 Å². The smallest absolute Gasteiger partial charge is 0.250 e. The number of sulfonamides is 1. The average molecular weight is 317 g/mol. The number of thiophene rings is 1. The van der Waals surface area contributed by atoms with Gasteiger partial charge in [-0.3, -0.25) is 0 Å². The molecule has 1 aromatic rings. The molecule has 1 fully saturated rings. The highest BCUT2D eigenvalue weighted by Gasteiger charge is 2.25. The Hall–Kier alpha value is -0.470. The summed E-state index contributed by atoms with van der Waals surface area (Å²) in [5.74, 6) is 0. The highest BCUT2D eigenvalue weighted by molar-refractivity contribution is 7.91. The van der Waals surface area contributed by atoms with E-state index in [1.165, 1.54) is 11.3 Å². The summed E-state index contributed by atoms with van der Waals surface area (Å²) < 4.78 is 28.0. The van der Waals surface area contributed by atoms with Crippen molar-refractivity contribution in [3.8, 4) is 0 Å². The van der Waals surface area contributed by atoms with Crippen LogP contribution >= 0.6 is 11.3 Å². The second-order valence-electron chi connectivity index (χ2n) is 5.10. The molecule has 7 heteroatoms. The van der Waals surface area contributed by atoms with Crippen LogP contribution < -0.4 is 10.0 Å². The van der Waals surface area contributed by atoms with E-state index in [0.717, 1.165) is 37.4 Å². The van der Waals surface area contributed by atoms with E-state index in [0.29, 0.717) is 10.8 Å². The molecule has 0 radical (unpaired) electrons. The fourth-order valence-corrected chi connectivity index (χ4v) is 5.13. The van der Waals surface area contributed by atoms with Crippen LogP contribution in [-0.4, -0.2) is 46.0 Å². The Morgan fingerprint density at radius 3 is 2.95 bits per heavy atom. The molecular formula is C13H23N3O2S2. The molecule has 1 atom stereocenters. The molecule has 2 N–H and O–H groups in total. The molecule has 20 heavy (non-hydrogen) atoms. The van der Waals surface area contributed by atoms with E-state index in [1.807, 2.05) is 13.1 Å². The van der Waals surface area contributed by atoms with Crippen molar-refractivity contribution in [2.75, 3.05) is 26.7 Å². The zero-order valence-corrected chi connectivity index (χ0v) is 13.7. The molecule has 0 aliphatic carbocycles. The van der Waals surface area contributed by atoms with Crippen LogP contribution in [-0.2, 0) is 16.6 Å². The van der Waals surface area contributed by atoms with Gasteiger partial charge in [-0.1, -0.05) is 6.92 Å². The van der Waals surface area contributed by atoms with Gasteiger partial charge in [0.1, 0.15) is 4.21 Å². The van der Waals surface area contributed by atoms with Crippen LogP contribution in [0.5, 0.6) is 0 Å². The first-order chi connectivity index (χ1) is 9.55. The lowest BCUT2D eigenvalue weighted by atomic mass is 10.1. The fraction of sp³-hybridized carbons (Fsp3) is 0.692. The number of nitrogens with zero attached hydrogens (tertiary/aromatic N) is 1. The number of hydrogen-bond donors (Lipinski definition) is 2. The van der Waals surface area contributed by atoms with Crippen molar-refractivity contribution in [3.63, 3.8) is 0 Å². The zero-order chi connectivity index (χ0) is 14.6. The summed E-state index contributed by atoms with van der Waals surface area (Å²) in [6, 6.07) is 3.60. The Bertz CT molecular complexity index is 527. The molecule has 2 rings (SSSR count). The second-order valence-corrected chi connectivity index (χ2v) is 8.21. The largest absolute Gasteiger partial charge is 0.315 e. The van der Waals surface area contributed by atoms with Gasteiger partial charge >= 0.3 is 0 Å². The predicted octanol–water partition coefficient (Wildman–Crippen LogP) is 1.23. The van der Waals surface area contributed by atoms with E-state index in [4.69, 9.17) is 0 Å². The van der Waals surface area contributed by atoms with Crippen LogP contribution in [0.2, 0.25) is 0 Å². The lowest BCUT2D eigenvalue weighted by Gasteiger charge is -2.31. The minimum Gasteiger partial charge on any atom is -0.315 e. The number of likely N-dealkylation sites (N-methyl/N-ethyl adjacent to an activating group) is 1. The Labute approximate surface area is 125 Å². The minimum atomic E-state index is -3.37. The average Bonchev–Trinajstić information content (AvgIpc) is 2.88. The first-order valence-electron chi connectivity index (χ1n) is 7.03. The normalized spacial score (nSPS) is 21.2. The SMILES string of the molecule is CCN1CCCC(NS(=O)(=O)c2ccc(CNC)s2)C1. The van der Waals surface area contributed by atoms with E-state index < -0.39 is 10.0 Å². The molecule has 0 amide bonds. The Kier molecular flexibility index (Phi) is 5.57. The summed E-state index contributed by atoms with van der Waals surface area (Å²) in [5, 5.41) is 3.03. The summed E-state index contributed by atoms with van der Waals surface area (Å²) >= 11 is 1.33. The first-order valence-corrected chi connectivity index (χ1v) is 9.33. The zero-order valence-electron chi connectivity index (χ0n) is 12.1. The molecule has 2 heterocycles. The lowest BCUT2D eigenvalue weighted by molar-refractivity contribution is 0.211. The van der Waals surface area contributed by atoms with E-state index in [1.54, 1.807) is 6.07 Å². The van der Waals surface area contributed by atoms with E-state index in [-0.39, 0.29) is 6.04 Å². The van der Waals surface area contributed by atoms with Gasteiger partial charge in [-0.2, -0.15) is 0 Å². The number of hydrogen-bond acceptors (Lipinski definition) is 5. The van der Waals surface area contributed by atoms with E-state index in [9.17, 15) is 8.42 Å². The molecular weight excluding hydrogens is 294 g/mol. The van der Waals surface area contributed by atoms with Crippen LogP contribution in [0.3, 0.4) is 0 Å². The van der Waals surface area contributed by atoms with Crippen molar-refractivity contribution >= 4 is 21.4 Å². The van der Waals surface area contributed by atoms with Gasteiger partial charge in [-0.15, -0.1) is 11.3 Å². The molecule has 0 aromatic carbocycles. The quantitative estimate of drug-likeness (QED) is 0.828. The van der Waals surface area contributed by atoms with Crippen LogP contribution in [0.1, 0.15) is 24.6 Å². The molecule has 0 bridgehead atoms. The van der Waals surface area contributed by atoms with Crippen molar-refractivity contribution in [3.05, 3.63) is 17.0 Å². The summed E-state index contributed by atoms with van der Waals surface area (Å²) in [6.45, 7) is 5.67. The maximum atomic E-state index is 12.4. The molecule has 0 saturated carbocycles. The summed E-state index contributed by atoms with van der Waals surface area (Å²) in [5.41, 5.74) is 0. The maximum absolute atomic E-state index is 12.4. The fourth-order valence-electron chi connectivity index (χ4n) is 2.49. The minimum absolute atomic E-state index is 0.0311. The van der Waals surface area contributed by atoms with Crippen molar-refractivity contribution < 1.29 is 8.42 Å². The Morgan fingerprint density at radius 2 is 2.25 bits per heavy atom. The van der Waals surface area contributed by atoms with E-state index in [2.05, 4.69) is 21.9 Å². The number of rotatable bonds is 6. The summed E-state index contributed by atoms with van der Waals surface area (Å²) in [7, 11) is -1.52. The number of nitrogens with one attached hydrogen (secondary N) is 2. The van der Waals surface area contributed by atoms with Crippen molar-refractivity contribution in [1.82, 2.24) is 14.9 Å². The summed E-state index contributed by atoms with van der Waals surface area (Å²) in [6.07, 6.45) is 1.97. The third-order valence-corrected chi connectivity index (χ3v) is 6.62. The van der Waals surface area contributed by atoms with Gasteiger partial charge in [0.05, 0.1) is 0 Å². The van der Waals surface area contributed by atoms with Crippen LogP contribution in [0, 0.1) is 0 Å². The molecule has 1 saturated heterocycles. The Morgan fingerprint density at radius 1 is 1.45 bits per heavy atom. The molecule has 114 valence electrons. The highest BCUT2D eigenvalue weighted by atomic mass is 32.2. The number of likely N-dealkylation sites (tertiary alicyclic amines) is 1. The van der Waals surface area contributed by atoms with Crippen LogP contribution in [0.4, 0.5) is 0 Å². The van der Waals surface area contributed by atoms with E-state index >= 15 is 0 Å². The molecule has 0 spiro atoms. The van der Waals surface area contributed by atoms with Crippen molar-refractivity contribution in [2.45, 2.75) is 36.6 Å². The summed E-state index contributed by atoms with van der Waals surface area (Å²) in [4.78, 5) is 3.32. The Balaban J connectivity index is 2.02. The van der Waals surface area contributed by atoms with Crippen molar-refractivity contribution in [1.29, 1.82) is 0 Å². The maximum Gasteiger partial charge on any atom is 0.250 e. The van der Waals surface area contributed by atoms with Crippen LogP contribution in [0.25, 0.3) is 0 Å². The monoisotopic (exact) mass is 317 g/mol. The van der Waals surface area contributed by atoms with Gasteiger partial charge in [0.2, 0.25) is 10.0 Å². The van der Waals surface area contributed by atoms with Gasteiger partial charge in [0, 0.05) is 24.0 Å². The molecule has 1 aliphatic heterocycles.